The number of hydrogen-bond acceptors (Lipinski definition) is 7. The SMILES string of the molecule is CNC(=O)c1cc(Nc2nc(-c3ccc4c(c3)N(C3CC(N5CCCCC5)C3)C(=O)C43CCNCC3)cc3ncn(C(C)C)c23)ccc1C. The molecule has 8 rings (SSSR count). The van der Waals surface area contributed by atoms with Crippen molar-refractivity contribution in [2.45, 2.75) is 89.3 Å². The number of likely N-dealkylation sites (tertiary alicyclic amines) is 1. The van der Waals surface area contributed by atoms with E-state index in [0.717, 1.165) is 78.0 Å². The van der Waals surface area contributed by atoms with Gasteiger partial charge < -0.3 is 30.3 Å². The summed E-state index contributed by atoms with van der Waals surface area (Å²) in [6, 6.07) is 15.4. The van der Waals surface area contributed by atoms with E-state index in [2.05, 4.69) is 68.4 Å². The van der Waals surface area contributed by atoms with Crippen LogP contribution in [-0.4, -0.2) is 76.6 Å². The number of benzene rings is 2. The summed E-state index contributed by atoms with van der Waals surface area (Å²) < 4.78 is 2.13. The first-order chi connectivity index (χ1) is 23.8. The minimum atomic E-state index is -0.455. The smallest absolute Gasteiger partial charge is 0.251 e. The van der Waals surface area contributed by atoms with E-state index < -0.39 is 5.41 Å². The Morgan fingerprint density at radius 3 is 2.51 bits per heavy atom. The molecule has 0 unspecified atom stereocenters. The summed E-state index contributed by atoms with van der Waals surface area (Å²) in [6.07, 6.45) is 9.53. The highest BCUT2D eigenvalue weighted by molar-refractivity contribution is 6.09. The van der Waals surface area contributed by atoms with Gasteiger partial charge in [0.2, 0.25) is 5.91 Å². The Labute approximate surface area is 288 Å². The fourth-order valence-corrected chi connectivity index (χ4v) is 8.70. The monoisotopic (exact) mass is 660 g/mol. The predicted molar refractivity (Wildman–Crippen MR) is 195 cm³/mol. The molecule has 4 aliphatic rings. The van der Waals surface area contributed by atoms with Gasteiger partial charge in [-0.15, -0.1) is 0 Å². The molecule has 256 valence electrons. The lowest BCUT2D eigenvalue weighted by molar-refractivity contribution is -0.125. The maximum Gasteiger partial charge on any atom is 0.251 e. The van der Waals surface area contributed by atoms with E-state index in [0.29, 0.717) is 17.4 Å². The molecule has 1 spiro atoms. The van der Waals surface area contributed by atoms with Crippen molar-refractivity contribution in [3.63, 3.8) is 0 Å². The van der Waals surface area contributed by atoms with Gasteiger partial charge in [-0.05, 0) is 121 Å². The Morgan fingerprint density at radius 1 is 1.00 bits per heavy atom. The van der Waals surface area contributed by atoms with Crippen LogP contribution in [0.2, 0.25) is 0 Å². The van der Waals surface area contributed by atoms with E-state index in [1.165, 1.54) is 37.9 Å². The number of pyridine rings is 1. The van der Waals surface area contributed by atoms with Crippen molar-refractivity contribution in [2.24, 2.45) is 0 Å². The van der Waals surface area contributed by atoms with Crippen LogP contribution < -0.4 is 20.9 Å². The van der Waals surface area contributed by atoms with Crippen molar-refractivity contribution in [2.75, 3.05) is 43.4 Å². The molecule has 1 saturated carbocycles. The number of hydrogen-bond donors (Lipinski definition) is 3. The van der Waals surface area contributed by atoms with Crippen LogP contribution in [0.1, 0.15) is 86.3 Å². The number of rotatable bonds is 7. The maximum absolute atomic E-state index is 14.5. The normalized spacial score (nSPS) is 22.1. The first-order valence-corrected chi connectivity index (χ1v) is 18.2. The van der Waals surface area contributed by atoms with Gasteiger partial charge >= 0.3 is 0 Å². The van der Waals surface area contributed by atoms with Crippen LogP contribution in [0.15, 0.2) is 48.8 Å². The van der Waals surface area contributed by atoms with Crippen LogP contribution in [-0.2, 0) is 10.2 Å². The van der Waals surface area contributed by atoms with Gasteiger partial charge in [-0.3, -0.25) is 9.59 Å². The number of imidazole rings is 1. The number of piperidine rings is 2. The summed E-state index contributed by atoms with van der Waals surface area (Å²) in [5, 5.41) is 9.78. The quantitative estimate of drug-likeness (QED) is 0.221. The van der Waals surface area contributed by atoms with Gasteiger partial charge in [-0.1, -0.05) is 24.6 Å². The molecule has 0 bridgehead atoms. The zero-order valence-corrected chi connectivity index (χ0v) is 29.2. The van der Waals surface area contributed by atoms with Gasteiger partial charge in [0, 0.05) is 47.7 Å². The molecule has 3 fully saturated rings. The number of aryl methyl sites for hydroxylation is 1. The number of fused-ring (bicyclic) bond motifs is 3. The second kappa shape index (κ2) is 12.6. The number of aromatic nitrogens is 3. The van der Waals surface area contributed by atoms with Crippen LogP contribution in [0.3, 0.4) is 0 Å². The first-order valence-electron chi connectivity index (χ1n) is 18.2. The number of amides is 2. The molecule has 0 atom stereocenters. The van der Waals surface area contributed by atoms with Gasteiger partial charge in [0.25, 0.3) is 5.91 Å². The molecule has 10 heteroatoms. The number of nitrogens with zero attached hydrogens (tertiary/aromatic N) is 5. The van der Waals surface area contributed by atoms with Gasteiger partial charge in [-0.2, -0.15) is 0 Å². The fourth-order valence-electron chi connectivity index (χ4n) is 8.70. The van der Waals surface area contributed by atoms with Crippen molar-refractivity contribution in [1.29, 1.82) is 0 Å². The number of anilines is 3. The minimum Gasteiger partial charge on any atom is -0.355 e. The van der Waals surface area contributed by atoms with Crippen LogP contribution >= 0.6 is 0 Å². The number of carbonyl (C=O) groups is 2. The lowest BCUT2D eigenvalue weighted by Gasteiger charge is -2.48. The minimum absolute atomic E-state index is 0.127. The predicted octanol–water partition coefficient (Wildman–Crippen LogP) is 6.08. The van der Waals surface area contributed by atoms with Crippen molar-refractivity contribution < 1.29 is 9.59 Å². The van der Waals surface area contributed by atoms with Crippen molar-refractivity contribution in [3.8, 4) is 11.3 Å². The number of carbonyl (C=O) groups excluding carboxylic acids is 2. The second-order valence-corrected chi connectivity index (χ2v) is 14.8. The molecule has 2 aromatic carbocycles. The third-order valence-electron chi connectivity index (χ3n) is 11.6. The summed E-state index contributed by atoms with van der Waals surface area (Å²) in [4.78, 5) is 42.0. The summed E-state index contributed by atoms with van der Waals surface area (Å²) in [6.45, 7) is 10.3. The zero-order valence-electron chi connectivity index (χ0n) is 29.2. The van der Waals surface area contributed by atoms with Gasteiger partial charge in [0.15, 0.2) is 5.82 Å². The summed E-state index contributed by atoms with van der Waals surface area (Å²) >= 11 is 0. The zero-order chi connectivity index (χ0) is 33.9. The van der Waals surface area contributed by atoms with Gasteiger partial charge in [-0.25, -0.2) is 9.97 Å². The molecular formula is C39H48N8O2. The Morgan fingerprint density at radius 2 is 1.78 bits per heavy atom. The van der Waals surface area contributed by atoms with Gasteiger partial charge in [0.05, 0.1) is 23.0 Å². The molecule has 4 aromatic rings. The lowest BCUT2D eigenvalue weighted by Crippen LogP contribution is -2.58. The topological polar surface area (TPSA) is 107 Å². The Bertz CT molecular complexity index is 1910. The van der Waals surface area contributed by atoms with Crippen molar-refractivity contribution >= 4 is 40.0 Å². The van der Waals surface area contributed by atoms with Crippen molar-refractivity contribution in [1.82, 2.24) is 30.1 Å². The summed E-state index contributed by atoms with van der Waals surface area (Å²) in [5.74, 6) is 0.839. The summed E-state index contributed by atoms with van der Waals surface area (Å²) in [5.41, 5.74) is 7.59. The second-order valence-electron chi connectivity index (χ2n) is 14.8. The van der Waals surface area contributed by atoms with E-state index >= 15 is 0 Å². The first kappa shape index (κ1) is 32.0. The molecular weight excluding hydrogens is 612 g/mol. The molecule has 2 aromatic heterocycles. The van der Waals surface area contributed by atoms with Crippen LogP contribution in [0.5, 0.6) is 0 Å². The molecule has 49 heavy (non-hydrogen) atoms. The molecule has 0 radical (unpaired) electrons. The van der Waals surface area contributed by atoms with E-state index in [-0.39, 0.29) is 23.9 Å². The average molecular weight is 661 g/mol. The fraction of sp³-hybridized carbons (Fsp3) is 0.487. The average Bonchev–Trinajstić information content (AvgIpc) is 3.63. The molecule has 3 aliphatic heterocycles. The molecule has 2 saturated heterocycles. The third-order valence-corrected chi connectivity index (χ3v) is 11.6. The highest BCUT2D eigenvalue weighted by Crippen LogP contribution is 2.51. The van der Waals surface area contributed by atoms with E-state index in [9.17, 15) is 9.59 Å². The molecule has 10 nitrogen and oxygen atoms in total. The van der Waals surface area contributed by atoms with Crippen LogP contribution in [0.4, 0.5) is 17.2 Å². The van der Waals surface area contributed by atoms with E-state index in [1.54, 1.807) is 7.05 Å². The molecule has 1 aliphatic carbocycles. The maximum atomic E-state index is 14.5. The number of nitrogens with one attached hydrogen (secondary N) is 3. The van der Waals surface area contributed by atoms with E-state index in [1.807, 2.05) is 31.5 Å². The lowest BCUT2D eigenvalue weighted by atomic mass is 9.74. The van der Waals surface area contributed by atoms with Gasteiger partial charge in [0.1, 0.15) is 5.52 Å². The van der Waals surface area contributed by atoms with E-state index in [4.69, 9.17) is 9.97 Å². The molecule has 5 heterocycles. The largest absolute Gasteiger partial charge is 0.355 e. The highest BCUT2D eigenvalue weighted by Gasteiger charge is 2.54. The highest BCUT2D eigenvalue weighted by atomic mass is 16.2. The van der Waals surface area contributed by atoms with Crippen LogP contribution in [0, 0.1) is 6.92 Å². The Balaban J connectivity index is 1.19. The Hall–Kier alpha value is -4.28. The van der Waals surface area contributed by atoms with Crippen molar-refractivity contribution in [3.05, 3.63) is 65.5 Å². The van der Waals surface area contributed by atoms with Crippen LogP contribution in [0.25, 0.3) is 22.3 Å². The third kappa shape index (κ3) is 5.40. The molecule has 3 N–H and O–H groups in total. The summed E-state index contributed by atoms with van der Waals surface area (Å²) in [7, 11) is 1.65. The molecule has 2 amide bonds. The Kier molecular flexibility index (Phi) is 8.19. The standard InChI is InChI=1S/C39H48N8O2/c1-24(2)46-23-42-33-22-32(44-36(35(33)46)43-27-10-8-25(3)30(19-27)37(48)40-4)26-9-11-31-34(18-26)47(38(49)39(31)12-14-41-15-13-39)29-20-28(21-29)45-16-6-5-7-17-45/h8-11,18-19,22-24,28-29,41H,5-7,12-17,20-21H2,1-4H3,(H,40,48)(H,43,44).